The average Bonchev–Trinajstić information content (AvgIpc) is 2.53. The molecule has 0 heterocycles. The van der Waals surface area contributed by atoms with Gasteiger partial charge in [-0.05, 0) is 24.1 Å². The number of sulfonamides is 1. The number of hydrogen-bond acceptors (Lipinski definition) is 2. The van der Waals surface area contributed by atoms with Crippen molar-refractivity contribution in [2.75, 3.05) is 0 Å². The van der Waals surface area contributed by atoms with Crippen LogP contribution in [0.15, 0.2) is 65.6 Å². The zero-order chi connectivity index (χ0) is 15.1. The molecular formula is C17H21NO2S. The molecule has 2 aromatic rings. The van der Waals surface area contributed by atoms with Crippen molar-refractivity contribution in [1.82, 2.24) is 4.72 Å². The van der Waals surface area contributed by atoms with Crippen molar-refractivity contribution in [3.63, 3.8) is 0 Å². The fourth-order valence-corrected chi connectivity index (χ4v) is 3.52. The maximum atomic E-state index is 12.5. The highest BCUT2D eigenvalue weighted by atomic mass is 32.2. The summed E-state index contributed by atoms with van der Waals surface area (Å²) in [5, 5.41) is 0. The Bertz CT molecular complexity index is 639. The van der Waals surface area contributed by atoms with Gasteiger partial charge in [-0.1, -0.05) is 68.3 Å². The Hall–Kier alpha value is -1.65. The topological polar surface area (TPSA) is 46.2 Å². The molecule has 21 heavy (non-hydrogen) atoms. The molecule has 0 aliphatic carbocycles. The third-order valence-corrected chi connectivity index (χ3v) is 4.89. The number of unbranched alkanes of at least 4 members (excludes halogenated alkanes) is 1. The van der Waals surface area contributed by atoms with Gasteiger partial charge < -0.3 is 0 Å². The summed E-state index contributed by atoms with van der Waals surface area (Å²) in [5.41, 5.74) is 1.01. The Morgan fingerprint density at radius 2 is 1.52 bits per heavy atom. The van der Waals surface area contributed by atoms with E-state index in [4.69, 9.17) is 0 Å². The summed E-state index contributed by atoms with van der Waals surface area (Å²) in [6, 6.07) is 18.1. The fraction of sp³-hybridized carbons (Fsp3) is 0.294. The predicted molar refractivity (Wildman–Crippen MR) is 85.5 cm³/mol. The molecule has 3 nitrogen and oxygen atoms in total. The minimum absolute atomic E-state index is 0.184. The van der Waals surface area contributed by atoms with Crippen LogP contribution in [-0.2, 0) is 10.0 Å². The molecule has 0 bridgehead atoms. The third-order valence-electron chi connectivity index (χ3n) is 3.40. The van der Waals surface area contributed by atoms with Crippen molar-refractivity contribution in [3.8, 4) is 0 Å². The average molecular weight is 303 g/mol. The maximum absolute atomic E-state index is 12.5. The molecule has 0 saturated heterocycles. The summed E-state index contributed by atoms with van der Waals surface area (Å²) >= 11 is 0. The fourth-order valence-electron chi connectivity index (χ4n) is 2.24. The first-order valence-electron chi connectivity index (χ1n) is 7.26. The Balaban J connectivity index is 2.23. The van der Waals surface area contributed by atoms with Crippen LogP contribution < -0.4 is 4.72 Å². The highest BCUT2D eigenvalue weighted by molar-refractivity contribution is 7.89. The van der Waals surface area contributed by atoms with Crippen LogP contribution in [0.2, 0.25) is 0 Å². The molecule has 0 aliphatic heterocycles. The second-order valence-electron chi connectivity index (χ2n) is 5.04. The molecule has 1 atom stereocenters. The van der Waals surface area contributed by atoms with E-state index in [0.717, 1.165) is 24.8 Å². The molecule has 0 spiro atoms. The van der Waals surface area contributed by atoms with Crippen LogP contribution in [0.3, 0.4) is 0 Å². The summed E-state index contributed by atoms with van der Waals surface area (Å²) in [6.45, 7) is 2.10. The van der Waals surface area contributed by atoms with E-state index in [2.05, 4.69) is 11.6 Å². The van der Waals surface area contributed by atoms with Crippen LogP contribution in [0.4, 0.5) is 0 Å². The second kappa shape index (κ2) is 7.38. The van der Waals surface area contributed by atoms with Gasteiger partial charge in [-0.25, -0.2) is 13.1 Å². The first-order valence-corrected chi connectivity index (χ1v) is 8.74. The molecule has 4 heteroatoms. The minimum atomic E-state index is -3.49. The van der Waals surface area contributed by atoms with Crippen LogP contribution in [-0.4, -0.2) is 8.42 Å². The van der Waals surface area contributed by atoms with E-state index >= 15 is 0 Å². The summed E-state index contributed by atoms with van der Waals surface area (Å²) in [6.07, 6.45) is 2.82. The monoisotopic (exact) mass is 303 g/mol. The number of nitrogens with one attached hydrogen (secondary N) is 1. The SMILES string of the molecule is CCCCC(NS(=O)(=O)c1ccccc1)c1ccccc1. The van der Waals surface area contributed by atoms with Gasteiger partial charge in [0.1, 0.15) is 0 Å². The predicted octanol–water partition coefficient (Wildman–Crippen LogP) is 3.90. The number of benzene rings is 2. The molecule has 1 unspecified atom stereocenters. The van der Waals surface area contributed by atoms with Crippen LogP contribution >= 0.6 is 0 Å². The quantitative estimate of drug-likeness (QED) is 0.843. The Kier molecular flexibility index (Phi) is 5.53. The second-order valence-corrected chi connectivity index (χ2v) is 6.75. The van der Waals surface area contributed by atoms with Gasteiger partial charge in [-0.3, -0.25) is 0 Å². The van der Waals surface area contributed by atoms with Gasteiger partial charge in [0.05, 0.1) is 4.90 Å². The molecule has 0 saturated carbocycles. The van der Waals surface area contributed by atoms with Crippen molar-refractivity contribution >= 4 is 10.0 Å². The molecule has 0 aliphatic rings. The Morgan fingerprint density at radius 3 is 2.10 bits per heavy atom. The lowest BCUT2D eigenvalue weighted by molar-refractivity contribution is 0.525. The lowest BCUT2D eigenvalue weighted by Crippen LogP contribution is -2.28. The Labute approximate surface area is 127 Å². The van der Waals surface area contributed by atoms with Gasteiger partial charge >= 0.3 is 0 Å². The van der Waals surface area contributed by atoms with Gasteiger partial charge in [-0.2, -0.15) is 0 Å². The molecule has 0 radical (unpaired) electrons. The molecule has 1 N–H and O–H groups in total. The molecular weight excluding hydrogens is 282 g/mol. The first kappa shape index (κ1) is 15.7. The van der Waals surface area contributed by atoms with Crippen LogP contribution in [0.25, 0.3) is 0 Å². The van der Waals surface area contributed by atoms with Crippen molar-refractivity contribution < 1.29 is 8.42 Å². The van der Waals surface area contributed by atoms with Gasteiger partial charge in [0.15, 0.2) is 0 Å². The minimum Gasteiger partial charge on any atom is -0.207 e. The van der Waals surface area contributed by atoms with Gasteiger partial charge in [0.2, 0.25) is 10.0 Å². The van der Waals surface area contributed by atoms with E-state index < -0.39 is 10.0 Å². The van der Waals surface area contributed by atoms with Gasteiger partial charge in [0.25, 0.3) is 0 Å². The lowest BCUT2D eigenvalue weighted by Gasteiger charge is -2.19. The van der Waals surface area contributed by atoms with E-state index in [0.29, 0.717) is 4.90 Å². The Morgan fingerprint density at radius 1 is 0.952 bits per heavy atom. The van der Waals surface area contributed by atoms with Crippen molar-refractivity contribution in [2.24, 2.45) is 0 Å². The van der Waals surface area contributed by atoms with Gasteiger partial charge in [0, 0.05) is 6.04 Å². The van der Waals surface area contributed by atoms with Crippen LogP contribution in [0.5, 0.6) is 0 Å². The van der Waals surface area contributed by atoms with E-state index in [1.807, 2.05) is 36.4 Å². The smallest absolute Gasteiger partial charge is 0.207 e. The highest BCUT2D eigenvalue weighted by Crippen LogP contribution is 2.22. The third kappa shape index (κ3) is 4.41. The normalized spacial score (nSPS) is 13.0. The molecule has 112 valence electrons. The summed E-state index contributed by atoms with van der Waals surface area (Å²) in [7, 11) is -3.49. The zero-order valence-electron chi connectivity index (χ0n) is 12.2. The summed E-state index contributed by atoms with van der Waals surface area (Å²) < 4.78 is 27.8. The summed E-state index contributed by atoms with van der Waals surface area (Å²) in [4.78, 5) is 0.308. The lowest BCUT2D eigenvalue weighted by atomic mass is 10.0. The van der Waals surface area contributed by atoms with Gasteiger partial charge in [-0.15, -0.1) is 0 Å². The van der Waals surface area contributed by atoms with Crippen LogP contribution in [0.1, 0.15) is 37.8 Å². The van der Waals surface area contributed by atoms with E-state index in [9.17, 15) is 8.42 Å². The van der Waals surface area contributed by atoms with Crippen molar-refractivity contribution in [3.05, 3.63) is 66.2 Å². The van der Waals surface area contributed by atoms with Crippen LogP contribution in [0, 0.1) is 0 Å². The largest absolute Gasteiger partial charge is 0.241 e. The number of hydrogen-bond donors (Lipinski definition) is 1. The van der Waals surface area contributed by atoms with E-state index in [1.54, 1.807) is 24.3 Å². The van der Waals surface area contributed by atoms with E-state index in [-0.39, 0.29) is 6.04 Å². The molecule has 0 amide bonds. The number of rotatable bonds is 7. The standard InChI is InChI=1S/C17H21NO2S/c1-2-3-14-17(15-10-6-4-7-11-15)18-21(19,20)16-12-8-5-9-13-16/h4-13,17-18H,2-3,14H2,1H3. The molecule has 2 rings (SSSR count). The van der Waals surface area contributed by atoms with E-state index in [1.165, 1.54) is 0 Å². The van der Waals surface area contributed by atoms with Crippen molar-refractivity contribution in [1.29, 1.82) is 0 Å². The maximum Gasteiger partial charge on any atom is 0.241 e. The summed E-state index contributed by atoms with van der Waals surface area (Å²) in [5.74, 6) is 0. The molecule has 2 aromatic carbocycles. The molecule has 0 aromatic heterocycles. The van der Waals surface area contributed by atoms with Crippen molar-refractivity contribution in [2.45, 2.75) is 37.1 Å². The zero-order valence-corrected chi connectivity index (χ0v) is 13.0. The molecule has 0 fully saturated rings. The highest BCUT2D eigenvalue weighted by Gasteiger charge is 2.20. The first-order chi connectivity index (χ1) is 10.1.